The Bertz CT molecular complexity index is 1630. The van der Waals surface area contributed by atoms with Gasteiger partial charge in [0.15, 0.2) is 0 Å². The molecule has 0 radical (unpaired) electrons. The van der Waals surface area contributed by atoms with Crippen LogP contribution in [0.2, 0.25) is 0 Å². The van der Waals surface area contributed by atoms with Crippen LogP contribution in [0.1, 0.15) is 48.3 Å². The fourth-order valence-corrected chi connectivity index (χ4v) is 6.37. The molecule has 0 spiro atoms. The number of benzene rings is 4. The normalized spacial score (nSPS) is 20.1. The average molecular weight is 626 g/mol. The van der Waals surface area contributed by atoms with Gasteiger partial charge in [-0.05, 0) is 72.3 Å². The van der Waals surface area contributed by atoms with Crippen molar-refractivity contribution in [2.75, 3.05) is 24.5 Å². The summed E-state index contributed by atoms with van der Waals surface area (Å²) in [5.41, 5.74) is 3.69. The van der Waals surface area contributed by atoms with Crippen LogP contribution in [-0.4, -0.2) is 42.4 Å². The first-order valence-electron chi connectivity index (χ1n) is 16.0. The minimum atomic E-state index is -4.37. The second-order valence-corrected chi connectivity index (χ2v) is 12.2. The van der Waals surface area contributed by atoms with Gasteiger partial charge in [0.2, 0.25) is 11.8 Å². The highest BCUT2D eigenvalue weighted by molar-refractivity contribution is 6.08. The van der Waals surface area contributed by atoms with Crippen molar-refractivity contribution in [1.82, 2.24) is 10.2 Å². The zero-order valence-electron chi connectivity index (χ0n) is 25.6. The van der Waals surface area contributed by atoms with Gasteiger partial charge in [-0.2, -0.15) is 13.2 Å². The van der Waals surface area contributed by atoms with Crippen molar-refractivity contribution >= 4 is 17.5 Å². The topological polar surface area (TPSA) is 52.7 Å². The Kier molecular flexibility index (Phi) is 9.54. The van der Waals surface area contributed by atoms with E-state index in [4.69, 9.17) is 0 Å². The maximum atomic E-state index is 13.7. The summed E-state index contributed by atoms with van der Waals surface area (Å²) in [7, 11) is 0. The van der Waals surface area contributed by atoms with E-state index >= 15 is 0 Å². The molecule has 46 heavy (non-hydrogen) atoms. The standard InChI is InChI=1S/C38H38F3N3O2/c39-38(40,41)31-13-9-12-30(24-31)28-17-19-29(20-18-28)34-25-35(34)42-21-8-7-16-33-36(45)43(26-27-10-3-1-4-11-27)22-23-44(37(33)46)32-14-5-2-6-15-32/h1-6,9-15,17-20,24,33-35,42H,7-8,16,21-23,25-26H2/t33?,34-,35+/m0/s1. The Morgan fingerprint density at radius 1 is 0.739 bits per heavy atom. The van der Waals surface area contributed by atoms with Crippen molar-refractivity contribution in [3.8, 4) is 11.1 Å². The first-order chi connectivity index (χ1) is 22.3. The van der Waals surface area contributed by atoms with Gasteiger partial charge in [0, 0.05) is 37.3 Å². The monoisotopic (exact) mass is 625 g/mol. The number of nitrogens with one attached hydrogen (secondary N) is 1. The molecule has 1 heterocycles. The quantitative estimate of drug-likeness (QED) is 0.137. The Morgan fingerprint density at radius 2 is 1.46 bits per heavy atom. The first kappa shape index (κ1) is 31.5. The molecule has 1 aliphatic heterocycles. The van der Waals surface area contributed by atoms with E-state index in [1.165, 1.54) is 17.7 Å². The number of amides is 2. The van der Waals surface area contributed by atoms with Crippen LogP contribution in [-0.2, 0) is 22.3 Å². The Balaban J connectivity index is 1.01. The maximum Gasteiger partial charge on any atom is 0.416 e. The molecular formula is C38H38F3N3O2. The Morgan fingerprint density at radius 3 is 2.17 bits per heavy atom. The molecule has 1 unspecified atom stereocenters. The number of hydrogen-bond acceptors (Lipinski definition) is 3. The van der Waals surface area contributed by atoms with Crippen LogP contribution in [0.3, 0.4) is 0 Å². The molecule has 1 N–H and O–H groups in total. The van der Waals surface area contributed by atoms with E-state index in [1.54, 1.807) is 11.0 Å². The van der Waals surface area contributed by atoms with Gasteiger partial charge in [-0.25, -0.2) is 0 Å². The average Bonchev–Trinajstić information content (AvgIpc) is 3.87. The summed E-state index contributed by atoms with van der Waals surface area (Å²) in [5, 5.41) is 3.61. The molecule has 3 atom stereocenters. The minimum Gasteiger partial charge on any atom is -0.336 e. The zero-order chi connectivity index (χ0) is 32.1. The summed E-state index contributed by atoms with van der Waals surface area (Å²) in [4.78, 5) is 31.0. The fraction of sp³-hybridized carbons (Fsp3) is 0.316. The lowest BCUT2D eigenvalue weighted by Gasteiger charge is -2.23. The lowest BCUT2D eigenvalue weighted by Crippen LogP contribution is -2.39. The van der Waals surface area contributed by atoms with Gasteiger partial charge in [-0.1, -0.05) is 91.3 Å². The molecule has 1 saturated heterocycles. The Labute approximate surface area is 268 Å². The third-order valence-corrected chi connectivity index (χ3v) is 9.03. The van der Waals surface area contributed by atoms with Gasteiger partial charge in [0.05, 0.1) is 5.56 Å². The maximum absolute atomic E-state index is 13.7. The Hall–Kier alpha value is -4.43. The molecule has 4 aromatic carbocycles. The van der Waals surface area contributed by atoms with E-state index in [-0.39, 0.29) is 11.8 Å². The fourth-order valence-electron chi connectivity index (χ4n) is 6.37. The summed E-state index contributed by atoms with van der Waals surface area (Å²) in [5.74, 6) is -0.575. The third-order valence-electron chi connectivity index (χ3n) is 9.03. The largest absolute Gasteiger partial charge is 0.416 e. The van der Waals surface area contributed by atoms with E-state index in [9.17, 15) is 22.8 Å². The van der Waals surface area contributed by atoms with Gasteiger partial charge in [-0.15, -0.1) is 0 Å². The van der Waals surface area contributed by atoms with Crippen LogP contribution in [0.4, 0.5) is 18.9 Å². The molecule has 5 nitrogen and oxygen atoms in total. The van der Waals surface area contributed by atoms with E-state index in [0.29, 0.717) is 43.6 Å². The minimum absolute atomic E-state index is 0.101. The molecule has 238 valence electrons. The molecule has 2 fully saturated rings. The highest BCUT2D eigenvalue weighted by atomic mass is 19.4. The molecule has 0 aromatic heterocycles. The molecule has 1 aliphatic carbocycles. The third kappa shape index (κ3) is 7.50. The number of rotatable bonds is 11. The number of halogens is 3. The van der Waals surface area contributed by atoms with Gasteiger partial charge >= 0.3 is 6.18 Å². The molecule has 6 rings (SSSR count). The SMILES string of the molecule is O=C1C(CCCCN[C@@H]2C[C@H]2c2ccc(-c3cccc(C(F)(F)F)c3)cc2)C(=O)N(c2ccccc2)CCN1Cc1ccccc1. The van der Waals surface area contributed by atoms with Gasteiger partial charge in [0.25, 0.3) is 0 Å². The van der Waals surface area contributed by atoms with E-state index in [2.05, 4.69) is 5.32 Å². The molecule has 1 saturated carbocycles. The van der Waals surface area contributed by atoms with Crippen LogP contribution >= 0.6 is 0 Å². The highest BCUT2D eigenvalue weighted by Crippen LogP contribution is 2.41. The van der Waals surface area contributed by atoms with Gasteiger partial charge in [-0.3, -0.25) is 9.59 Å². The highest BCUT2D eigenvalue weighted by Gasteiger charge is 2.39. The van der Waals surface area contributed by atoms with Crippen LogP contribution < -0.4 is 10.2 Å². The molecular weight excluding hydrogens is 587 g/mol. The van der Waals surface area contributed by atoms with Crippen molar-refractivity contribution in [2.24, 2.45) is 5.92 Å². The van der Waals surface area contributed by atoms with Crippen molar-refractivity contribution in [3.63, 3.8) is 0 Å². The lowest BCUT2D eigenvalue weighted by atomic mass is 9.98. The first-order valence-corrected chi connectivity index (χ1v) is 16.0. The van der Waals surface area contributed by atoms with E-state index in [0.717, 1.165) is 48.7 Å². The summed E-state index contributed by atoms with van der Waals surface area (Å²) in [6.07, 6.45) is -1.27. The molecule has 8 heteroatoms. The number of hydrogen-bond donors (Lipinski definition) is 1. The number of alkyl halides is 3. The van der Waals surface area contributed by atoms with Crippen molar-refractivity contribution in [2.45, 2.75) is 50.4 Å². The number of carbonyl (C=O) groups is 2. The van der Waals surface area contributed by atoms with Crippen LogP contribution in [0, 0.1) is 5.92 Å². The van der Waals surface area contributed by atoms with Gasteiger partial charge in [0.1, 0.15) is 5.92 Å². The smallest absolute Gasteiger partial charge is 0.336 e. The molecule has 0 bridgehead atoms. The summed E-state index contributed by atoms with van der Waals surface area (Å²) in [6.45, 7) is 2.21. The molecule has 2 amide bonds. The summed E-state index contributed by atoms with van der Waals surface area (Å²) >= 11 is 0. The predicted octanol–water partition coefficient (Wildman–Crippen LogP) is 7.68. The predicted molar refractivity (Wildman–Crippen MR) is 174 cm³/mol. The van der Waals surface area contributed by atoms with E-state index < -0.39 is 17.7 Å². The zero-order valence-corrected chi connectivity index (χ0v) is 25.6. The number of para-hydroxylation sites is 1. The summed E-state index contributed by atoms with van der Waals surface area (Å²) < 4.78 is 39.4. The summed E-state index contributed by atoms with van der Waals surface area (Å²) in [6, 6.07) is 33.0. The van der Waals surface area contributed by atoms with Crippen LogP contribution in [0.15, 0.2) is 109 Å². The number of carbonyl (C=O) groups excluding carboxylic acids is 2. The molecule has 4 aromatic rings. The number of nitrogens with zero attached hydrogens (tertiary/aromatic N) is 2. The van der Waals surface area contributed by atoms with Crippen LogP contribution in [0.25, 0.3) is 11.1 Å². The van der Waals surface area contributed by atoms with Crippen molar-refractivity contribution < 1.29 is 22.8 Å². The second-order valence-electron chi connectivity index (χ2n) is 12.2. The van der Waals surface area contributed by atoms with E-state index in [1.807, 2.05) is 89.8 Å². The van der Waals surface area contributed by atoms with Crippen LogP contribution in [0.5, 0.6) is 0 Å². The lowest BCUT2D eigenvalue weighted by molar-refractivity contribution is -0.140. The van der Waals surface area contributed by atoms with Crippen molar-refractivity contribution in [1.29, 1.82) is 0 Å². The second kappa shape index (κ2) is 13.9. The van der Waals surface area contributed by atoms with Crippen molar-refractivity contribution in [3.05, 3.63) is 126 Å². The van der Waals surface area contributed by atoms with Gasteiger partial charge < -0.3 is 15.1 Å². The number of unbranched alkanes of at least 4 members (excludes halogenated alkanes) is 1. The number of anilines is 1. The molecule has 2 aliphatic rings.